The van der Waals surface area contributed by atoms with Gasteiger partial charge in [0.05, 0.1) is 17.6 Å². The Morgan fingerprint density at radius 3 is 2.74 bits per heavy atom. The lowest BCUT2D eigenvalue weighted by atomic mass is 9.69. The Morgan fingerprint density at radius 2 is 2.10 bits per heavy atom. The van der Waals surface area contributed by atoms with Crippen LogP contribution in [0.2, 0.25) is 0 Å². The number of rotatable bonds is 5. The van der Waals surface area contributed by atoms with Crippen molar-refractivity contribution in [2.24, 2.45) is 11.3 Å². The van der Waals surface area contributed by atoms with Crippen molar-refractivity contribution in [1.29, 1.82) is 0 Å². The van der Waals surface area contributed by atoms with Crippen LogP contribution in [0, 0.1) is 21.4 Å². The topological polar surface area (TPSA) is 114 Å². The molecule has 1 aliphatic carbocycles. The van der Waals surface area contributed by atoms with Gasteiger partial charge in [-0.15, -0.1) is 11.3 Å². The number of fused-ring (bicyclic) bond motifs is 3. The molecule has 4 rings (SSSR count). The monoisotopic (exact) mass is 445 g/mol. The number of hydrogen-bond donors (Lipinski definition) is 3. The summed E-state index contributed by atoms with van der Waals surface area (Å²) in [6.45, 7) is 6.84. The van der Waals surface area contributed by atoms with Gasteiger partial charge < -0.3 is 20.5 Å². The Morgan fingerprint density at radius 1 is 1.35 bits per heavy atom. The fourth-order valence-corrected chi connectivity index (χ4v) is 5.85. The van der Waals surface area contributed by atoms with E-state index in [-0.39, 0.29) is 17.1 Å². The Balaban J connectivity index is 1.67. The highest BCUT2D eigenvalue weighted by Gasteiger charge is 2.38. The molecule has 0 unspecified atom stereocenters. The van der Waals surface area contributed by atoms with Crippen LogP contribution in [0.4, 0.5) is 10.7 Å². The van der Waals surface area contributed by atoms with Gasteiger partial charge in [0, 0.05) is 16.5 Å². The molecule has 0 saturated heterocycles. The largest absolute Gasteiger partial charge is 0.500 e. The number of nitro groups is 1. The number of nitrogens with one attached hydrogen (secondary N) is 2. The van der Waals surface area contributed by atoms with Gasteiger partial charge in [-0.2, -0.15) is 0 Å². The maximum absolute atomic E-state index is 13.0. The van der Waals surface area contributed by atoms with Crippen LogP contribution in [0.5, 0.6) is 11.5 Å². The van der Waals surface area contributed by atoms with Crippen LogP contribution in [0.1, 0.15) is 66.1 Å². The average molecular weight is 446 g/mol. The van der Waals surface area contributed by atoms with Crippen molar-refractivity contribution in [3.05, 3.63) is 43.8 Å². The average Bonchev–Trinajstić information content (AvgIpc) is 3.11. The van der Waals surface area contributed by atoms with Crippen LogP contribution >= 0.6 is 11.3 Å². The van der Waals surface area contributed by atoms with Gasteiger partial charge in [0.15, 0.2) is 5.75 Å². The first-order valence-corrected chi connectivity index (χ1v) is 11.2. The third kappa shape index (κ3) is 3.60. The van der Waals surface area contributed by atoms with Crippen molar-refractivity contribution >= 4 is 27.9 Å². The van der Waals surface area contributed by atoms with Gasteiger partial charge >= 0.3 is 5.69 Å². The first-order chi connectivity index (χ1) is 14.7. The smallest absolute Gasteiger partial charge is 0.315 e. The first kappa shape index (κ1) is 21.4. The van der Waals surface area contributed by atoms with Crippen LogP contribution < -0.4 is 15.4 Å². The Hall–Kier alpha value is -2.81. The number of carbonyl (C=O) groups is 1. The molecule has 2 aromatic rings. The summed E-state index contributed by atoms with van der Waals surface area (Å²) in [6.07, 6.45) is 3.37. The van der Waals surface area contributed by atoms with E-state index in [1.54, 1.807) is 11.3 Å². The number of carbonyl (C=O) groups excluding carboxylic acids is 1. The molecule has 0 bridgehead atoms. The molecule has 31 heavy (non-hydrogen) atoms. The van der Waals surface area contributed by atoms with Gasteiger partial charge in [-0.25, -0.2) is 0 Å². The predicted molar refractivity (Wildman–Crippen MR) is 119 cm³/mol. The second-order valence-corrected chi connectivity index (χ2v) is 9.99. The number of aromatic hydroxyl groups is 1. The van der Waals surface area contributed by atoms with Crippen molar-refractivity contribution < 1.29 is 19.6 Å². The molecule has 1 amide bonds. The summed E-state index contributed by atoms with van der Waals surface area (Å²) in [6, 6.07) is 2.76. The van der Waals surface area contributed by atoms with E-state index in [4.69, 9.17) is 4.74 Å². The lowest BCUT2D eigenvalue weighted by molar-refractivity contribution is -0.386. The fourth-order valence-electron chi connectivity index (χ4n) is 4.50. The molecule has 0 saturated carbocycles. The minimum atomic E-state index is -0.670. The number of phenolic OH excluding ortho intramolecular Hbond substituents is 1. The minimum absolute atomic E-state index is 0.0128. The van der Waals surface area contributed by atoms with Crippen LogP contribution in [0.25, 0.3) is 0 Å². The number of thiophene rings is 1. The van der Waals surface area contributed by atoms with Crippen molar-refractivity contribution in [2.45, 2.75) is 52.6 Å². The van der Waals surface area contributed by atoms with Gasteiger partial charge in [0.2, 0.25) is 5.75 Å². The summed E-state index contributed by atoms with van der Waals surface area (Å²) < 4.78 is 5.09. The molecule has 0 spiro atoms. The normalized spacial score (nSPS) is 20.3. The Bertz CT molecular complexity index is 1060. The van der Waals surface area contributed by atoms with E-state index >= 15 is 0 Å². The molecule has 0 fully saturated rings. The molecule has 1 aromatic carbocycles. The van der Waals surface area contributed by atoms with Gasteiger partial charge in [-0.1, -0.05) is 27.2 Å². The van der Waals surface area contributed by atoms with Gasteiger partial charge in [-0.05, 0) is 42.2 Å². The summed E-state index contributed by atoms with van der Waals surface area (Å²) >= 11 is 1.61. The summed E-state index contributed by atoms with van der Waals surface area (Å²) in [5.41, 5.74) is 2.05. The van der Waals surface area contributed by atoms with Crippen molar-refractivity contribution in [2.75, 3.05) is 12.4 Å². The number of anilines is 1. The highest BCUT2D eigenvalue weighted by Crippen LogP contribution is 2.47. The summed E-state index contributed by atoms with van der Waals surface area (Å²) in [4.78, 5) is 24.9. The molecule has 2 aliphatic rings. The third-order valence-corrected chi connectivity index (χ3v) is 8.07. The molecule has 3 N–H and O–H groups in total. The fraction of sp³-hybridized carbons (Fsp3) is 0.500. The van der Waals surface area contributed by atoms with E-state index in [0.717, 1.165) is 36.2 Å². The number of phenols is 1. The van der Waals surface area contributed by atoms with Crippen LogP contribution in [0.15, 0.2) is 12.1 Å². The first-order valence-electron chi connectivity index (χ1n) is 10.4. The van der Waals surface area contributed by atoms with E-state index < -0.39 is 22.5 Å². The van der Waals surface area contributed by atoms with E-state index in [2.05, 4.69) is 31.4 Å². The molecule has 2 heterocycles. The van der Waals surface area contributed by atoms with Crippen molar-refractivity contribution in [1.82, 2.24) is 5.32 Å². The number of nitro benzene ring substituents is 1. The molecule has 2 atom stereocenters. The molecule has 9 heteroatoms. The molecular formula is C22H27N3O5S. The van der Waals surface area contributed by atoms with E-state index in [1.165, 1.54) is 24.1 Å². The highest BCUT2D eigenvalue weighted by atomic mass is 32.1. The number of hydrogen-bond acceptors (Lipinski definition) is 7. The van der Waals surface area contributed by atoms with Crippen LogP contribution in [0.3, 0.4) is 0 Å². The number of nitrogens with zero attached hydrogens (tertiary/aromatic N) is 1. The lowest BCUT2D eigenvalue weighted by Gasteiger charge is -2.36. The maximum atomic E-state index is 13.0. The van der Waals surface area contributed by atoms with Crippen molar-refractivity contribution in [3.63, 3.8) is 0 Å². The molecule has 1 aromatic heterocycles. The molecule has 166 valence electrons. The number of methoxy groups -OCH3 is 1. The van der Waals surface area contributed by atoms with E-state index in [9.17, 15) is 20.0 Å². The molecule has 0 radical (unpaired) electrons. The third-order valence-electron chi connectivity index (χ3n) is 6.89. The maximum Gasteiger partial charge on any atom is 0.315 e. The van der Waals surface area contributed by atoms with E-state index in [1.807, 2.05) is 0 Å². The van der Waals surface area contributed by atoms with Gasteiger partial charge in [-0.3, -0.25) is 14.9 Å². The standard InChI is InChI=1S/C22H27N3O5S/c1-5-22(2,3)12-6-7-13-16(10-12)31-21-17(13)20(27)23-19(24-21)11-8-14(25(28)29)18(26)15(9-11)30-4/h8-9,12,19,24,26H,5-7,10H2,1-4H3,(H,23,27)/t12-,19+/m0/s1. The molecule has 8 nitrogen and oxygen atoms in total. The lowest BCUT2D eigenvalue weighted by Crippen LogP contribution is -2.38. The number of ether oxygens (including phenoxy) is 1. The van der Waals surface area contributed by atoms with Crippen LogP contribution in [-0.2, 0) is 12.8 Å². The number of benzene rings is 1. The Kier molecular flexibility index (Phi) is 5.33. The zero-order valence-corrected chi connectivity index (χ0v) is 18.9. The second-order valence-electron chi connectivity index (χ2n) is 8.89. The minimum Gasteiger partial charge on any atom is -0.500 e. The molecule has 1 aliphatic heterocycles. The van der Waals surface area contributed by atoms with E-state index in [0.29, 0.717) is 17.0 Å². The summed E-state index contributed by atoms with van der Waals surface area (Å²) in [5.74, 6) is -0.150. The predicted octanol–water partition coefficient (Wildman–Crippen LogP) is 4.77. The summed E-state index contributed by atoms with van der Waals surface area (Å²) in [5, 5.41) is 28.4. The SMILES string of the molecule is CCC(C)(C)[C@H]1CCc2c(sc3c2C(=O)N[C@@H](c2cc(OC)c(O)c([N+](=O)[O-])c2)N3)C1. The highest BCUT2D eigenvalue weighted by molar-refractivity contribution is 7.16. The number of amides is 1. The molecular weight excluding hydrogens is 418 g/mol. The second kappa shape index (κ2) is 7.71. The van der Waals surface area contributed by atoms with Crippen LogP contribution in [-0.4, -0.2) is 23.0 Å². The quantitative estimate of drug-likeness (QED) is 0.451. The summed E-state index contributed by atoms with van der Waals surface area (Å²) in [7, 11) is 1.33. The van der Waals surface area contributed by atoms with Crippen molar-refractivity contribution in [3.8, 4) is 11.5 Å². The van der Waals surface area contributed by atoms with Gasteiger partial charge in [0.1, 0.15) is 11.2 Å². The van der Waals surface area contributed by atoms with Gasteiger partial charge in [0.25, 0.3) is 5.91 Å². The zero-order valence-electron chi connectivity index (χ0n) is 18.1. The zero-order chi connectivity index (χ0) is 22.5. The Labute approximate surface area is 184 Å².